The molecule has 0 spiro atoms. The van der Waals surface area contributed by atoms with Crippen molar-refractivity contribution in [3.05, 3.63) is 59.7 Å². The normalized spacial score (nSPS) is 11.5. The van der Waals surface area contributed by atoms with Gasteiger partial charge in [0.15, 0.2) is 17.7 Å². The molecule has 1 amide bonds. The minimum absolute atomic E-state index is 0.0422. The van der Waals surface area contributed by atoms with Crippen LogP contribution in [0.3, 0.4) is 0 Å². The Bertz CT molecular complexity index is 778. The molecule has 26 heavy (non-hydrogen) atoms. The summed E-state index contributed by atoms with van der Waals surface area (Å²) in [5.41, 5.74) is 0.838. The second-order valence-corrected chi connectivity index (χ2v) is 5.54. The van der Waals surface area contributed by atoms with Crippen molar-refractivity contribution in [2.45, 2.75) is 26.4 Å². The highest BCUT2D eigenvalue weighted by Crippen LogP contribution is 2.18. The monoisotopic (exact) mass is 363 g/mol. The van der Waals surface area contributed by atoms with Crippen LogP contribution in [0.5, 0.6) is 5.75 Å². The van der Waals surface area contributed by atoms with E-state index in [-0.39, 0.29) is 5.75 Å². The van der Waals surface area contributed by atoms with Gasteiger partial charge in [-0.1, -0.05) is 6.92 Å². The van der Waals surface area contributed by atoms with Gasteiger partial charge >= 0.3 is 5.97 Å². The smallest absolute Gasteiger partial charge is 0.338 e. The van der Waals surface area contributed by atoms with Crippen molar-refractivity contribution in [2.75, 3.05) is 11.9 Å². The Hall–Kier alpha value is -2.96. The number of carbonyl (C=O) groups is 2. The summed E-state index contributed by atoms with van der Waals surface area (Å²) in [7, 11) is 0. The number of carbonyl (C=O) groups excluding carboxylic acids is 2. The molecule has 2 rings (SSSR count). The molecular formula is C19H19F2NO4. The fourth-order valence-electron chi connectivity index (χ4n) is 2.02. The number of amides is 1. The molecule has 1 unspecified atom stereocenters. The van der Waals surface area contributed by atoms with Crippen LogP contribution in [-0.4, -0.2) is 24.6 Å². The zero-order chi connectivity index (χ0) is 19.1. The number of ether oxygens (including phenoxy) is 2. The molecule has 0 heterocycles. The van der Waals surface area contributed by atoms with E-state index in [1.54, 1.807) is 12.1 Å². The zero-order valence-corrected chi connectivity index (χ0v) is 14.4. The standard InChI is InChI=1S/C19H19F2NO4/c1-3-10-25-19(24)13-4-6-14(7-5-13)22-18(23)12(2)26-15-8-9-16(20)17(21)11-15/h4-9,11-12H,3,10H2,1-2H3,(H,22,23). The van der Waals surface area contributed by atoms with Crippen LogP contribution in [0.15, 0.2) is 42.5 Å². The average Bonchev–Trinajstić information content (AvgIpc) is 2.63. The molecule has 7 heteroatoms. The first-order valence-electron chi connectivity index (χ1n) is 8.10. The lowest BCUT2D eigenvalue weighted by atomic mass is 10.2. The quantitative estimate of drug-likeness (QED) is 0.757. The van der Waals surface area contributed by atoms with Gasteiger partial charge in [0.2, 0.25) is 0 Å². The van der Waals surface area contributed by atoms with Gasteiger partial charge in [0.25, 0.3) is 5.91 Å². The van der Waals surface area contributed by atoms with Gasteiger partial charge < -0.3 is 14.8 Å². The summed E-state index contributed by atoms with van der Waals surface area (Å²) in [4.78, 5) is 23.8. The van der Waals surface area contributed by atoms with Crippen molar-refractivity contribution in [1.29, 1.82) is 0 Å². The molecule has 5 nitrogen and oxygen atoms in total. The molecule has 138 valence electrons. The molecule has 1 N–H and O–H groups in total. The van der Waals surface area contributed by atoms with Crippen molar-refractivity contribution in [2.24, 2.45) is 0 Å². The maximum Gasteiger partial charge on any atom is 0.338 e. The maximum atomic E-state index is 13.2. The Balaban J connectivity index is 1.93. The summed E-state index contributed by atoms with van der Waals surface area (Å²) in [6.07, 6.45) is -0.204. The molecule has 0 radical (unpaired) electrons. The molecule has 1 atom stereocenters. The number of benzene rings is 2. The minimum Gasteiger partial charge on any atom is -0.481 e. The third-order valence-corrected chi connectivity index (χ3v) is 3.40. The molecule has 0 fully saturated rings. The van der Waals surface area contributed by atoms with E-state index in [4.69, 9.17) is 9.47 Å². The number of anilines is 1. The highest BCUT2D eigenvalue weighted by atomic mass is 19.2. The van der Waals surface area contributed by atoms with Crippen LogP contribution in [0.25, 0.3) is 0 Å². The largest absolute Gasteiger partial charge is 0.481 e. The maximum absolute atomic E-state index is 13.2. The molecule has 0 aliphatic rings. The number of hydrogen-bond acceptors (Lipinski definition) is 4. The lowest BCUT2D eigenvalue weighted by Gasteiger charge is -2.15. The van der Waals surface area contributed by atoms with Crippen molar-refractivity contribution < 1.29 is 27.8 Å². The molecule has 0 aliphatic heterocycles. The van der Waals surface area contributed by atoms with E-state index in [1.807, 2.05) is 6.92 Å². The summed E-state index contributed by atoms with van der Waals surface area (Å²) in [6, 6.07) is 9.22. The van der Waals surface area contributed by atoms with Gasteiger partial charge in [-0.2, -0.15) is 0 Å². The molecule has 0 aromatic heterocycles. The van der Waals surface area contributed by atoms with Gasteiger partial charge in [0.05, 0.1) is 12.2 Å². The Morgan fingerprint density at radius 2 is 1.77 bits per heavy atom. The first kappa shape index (κ1) is 19.4. The summed E-state index contributed by atoms with van der Waals surface area (Å²) in [6.45, 7) is 3.72. The van der Waals surface area contributed by atoms with Gasteiger partial charge in [-0.05, 0) is 49.7 Å². The number of rotatable bonds is 7. The van der Waals surface area contributed by atoms with Gasteiger partial charge in [-0.3, -0.25) is 4.79 Å². The third-order valence-electron chi connectivity index (χ3n) is 3.40. The first-order chi connectivity index (χ1) is 12.4. The van der Waals surface area contributed by atoms with Crippen molar-refractivity contribution in [3.8, 4) is 5.75 Å². The topological polar surface area (TPSA) is 64.6 Å². The van der Waals surface area contributed by atoms with Gasteiger partial charge in [0.1, 0.15) is 5.75 Å². The van der Waals surface area contributed by atoms with E-state index in [2.05, 4.69) is 5.32 Å². The number of nitrogens with one attached hydrogen (secondary N) is 1. The summed E-state index contributed by atoms with van der Waals surface area (Å²) >= 11 is 0. The highest BCUT2D eigenvalue weighted by molar-refractivity contribution is 5.95. The lowest BCUT2D eigenvalue weighted by Crippen LogP contribution is -2.30. The predicted octanol–water partition coefficient (Wildman–Crippen LogP) is 3.94. The Morgan fingerprint density at radius 3 is 2.38 bits per heavy atom. The molecule has 2 aromatic carbocycles. The molecule has 0 bridgehead atoms. The summed E-state index contributed by atoms with van der Waals surface area (Å²) in [5.74, 6) is -2.91. The molecule has 0 aliphatic carbocycles. The summed E-state index contributed by atoms with van der Waals surface area (Å²) in [5, 5.41) is 2.61. The van der Waals surface area contributed by atoms with Crippen LogP contribution in [0.1, 0.15) is 30.6 Å². The Labute approximate surface area is 149 Å². The summed E-state index contributed by atoms with van der Waals surface area (Å²) < 4.78 is 36.4. The zero-order valence-electron chi connectivity index (χ0n) is 14.4. The molecule has 0 saturated heterocycles. The van der Waals surface area contributed by atoms with Crippen LogP contribution in [0.4, 0.5) is 14.5 Å². The first-order valence-corrected chi connectivity index (χ1v) is 8.10. The van der Waals surface area contributed by atoms with E-state index < -0.39 is 29.6 Å². The van der Waals surface area contributed by atoms with E-state index >= 15 is 0 Å². The fourth-order valence-corrected chi connectivity index (χ4v) is 2.02. The van der Waals surface area contributed by atoms with Crippen LogP contribution in [0.2, 0.25) is 0 Å². The Morgan fingerprint density at radius 1 is 1.08 bits per heavy atom. The molecule has 2 aromatic rings. The number of esters is 1. The molecule has 0 saturated carbocycles. The second kappa shape index (κ2) is 8.94. The van der Waals surface area contributed by atoms with Crippen LogP contribution in [-0.2, 0) is 9.53 Å². The van der Waals surface area contributed by atoms with Crippen LogP contribution < -0.4 is 10.1 Å². The van der Waals surface area contributed by atoms with Crippen LogP contribution >= 0.6 is 0 Å². The average molecular weight is 363 g/mol. The number of halogens is 2. The van der Waals surface area contributed by atoms with E-state index in [0.29, 0.717) is 17.9 Å². The van der Waals surface area contributed by atoms with Gasteiger partial charge in [-0.15, -0.1) is 0 Å². The van der Waals surface area contributed by atoms with Crippen molar-refractivity contribution in [3.63, 3.8) is 0 Å². The van der Waals surface area contributed by atoms with Crippen molar-refractivity contribution in [1.82, 2.24) is 0 Å². The SMILES string of the molecule is CCCOC(=O)c1ccc(NC(=O)C(C)Oc2ccc(F)c(F)c2)cc1. The van der Waals surface area contributed by atoms with Crippen molar-refractivity contribution >= 4 is 17.6 Å². The Kier molecular flexibility index (Phi) is 6.66. The third kappa shape index (κ3) is 5.27. The second-order valence-electron chi connectivity index (χ2n) is 5.54. The number of hydrogen-bond donors (Lipinski definition) is 1. The van der Waals surface area contributed by atoms with E-state index in [9.17, 15) is 18.4 Å². The fraction of sp³-hybridized carbons (Fsp3) is 0.263. The lowest BCUT2D eigenvalue weighted by molar-refractivity contribution is -0.122. The van der Waals surface area contributed by atoms with E-state index in [1.165, 1.54) is 25.1 Å². The van der Waals surface area contributed by atoms with Crippen LogP contribution in [0, 0.1) is 11.6 Å². The molecular weight excluding hydrogens is 344 g/mol. The minimum atomic E-state index is -1.05. The predicted molar refractivity (Wildman–Crippen MR) is 92.1 cm³/mol. The van der Waals surface area contributed by atoms with Gasteiger partial charge in [-0.25, -0.2) is 13.6 Å². The highest BCUT2D eigenvalue weighted by Gasteiger charge is 2.16. The van der Waals surface area contributed by atoms with Gasteiger partial charge in [0, 0.05) is 11.8 Å². The van der Waals surface area contributed by atoms with E-state index in [0.717, 1.165) is 18.6 Å².